The second-order valence-electron chi connectivity index (χ2n) is 5.06. The first kappa shape index (κ1) is 15.0. The first-order chi connectivity index (χ1) is 8.65. The Hall–Kier alpha value is -2.05. The molecule has 0 unspecified atom stereocenters. The van der Waals surface area contributed by atoms with Crippen LogP contribution in [0.1, 0.15) is 36.8 Å². The van der Waals surface area contributed by atoms with Crippen LogP contribution in [0.2, 0.25) is 0 Å². The quantitative estimate of drug-likeness (QED) is 0.829. The lowest BCUT2D eigenvalue weighted by molar-refractivity contribution is 0.0590. The number of carbonyl (C=O) groups is 2. The van der Waals surface area contributed by atoms with Gasteiger partial charge in [0.1, 0.15) is 11.4 Å². The molecule has 0 radical (unpaired) electrons. The molecule has 7 heteroatoms. The minimum absolute atomic E-state index is 0.163. The van der Waals surface area contributed by atoms with Crippen LogP contribution in [0, 0.1) is 6.92 Å². The zero-order chi connectivity index (χ0) is 14.8. The Bertz CT molecular complexity index is 500. The molecule has 0 bridgehead atoms. The van der Waals surface area contributed by atoms with Crippen LogP contribution in [0.5, 0.6) is 0 Å². The van der Waals surface area contributed by atoms with Gasteiger partial charge in [-0.15, -0.1) is 0 Å². The maximum atomic E-state index is 11.7. The van der Waals surface area contributed by atoms with Crippen molar-refractivity contribution in [3.05, 3.63) is 11.3 Å². The summed E-state index contributed by atoms with van der Waals surface area (Å²) in [7, 11) is 2.89. The molecule has 0 aromatic carbocycles. The van der Waals surface area contributed by atoms with E-state index in [0.29, 0.717) is 11.4 Å². The van der Waals surface area contributed by atoms with Crippen molar-refractivity contribution in [2.45, 2.75) is 33.3 Å². The van der Waals surface area contributed by atoms with E-state index in [9.17, 15) is 9.59 Å². The van der Waals surface area contributed by atoms with Gasteiger partial charge < -0.3 is 9.47 Å². The highest BCUT2D eigenvalue weighted by atomic mass is 16.6. The number of rotatable bonds is 2. The average Bonchev–Trinajstić information content (AvgIpc) is 2.53. The molecule has 1 aromatic rings. The summed E-state index contributed by atoms with van der Waals surface area (Å²) < 4.78 is 11.1. The monoisotopic (exact) mass is 269 g/mol. The summed E-state index contributed by atoms with van der Waals surface area (Å²) in [5.41, 5.74) is 0.0955. The number of anilines is 1. The molecule has 0 aliphatic rings. The maximum Gasteiger partial charge on any atom is 0.413 e. The Kier molecular flexibility index (Phi) is 4.18. The molecule has 19 heavy (non-hydrogen) atoms. The van der Waals surface area contributed by atoms with Crippen molar-refractivity contribution >= 4 is 17.9 Å². The number of hydrogen-bond donors (Lipinski definition) is 1. The van der Waals surface area contributed by atoms with Crippen molar-refractivity contribution in [2.75, 3.05) is 12.4 Å². The predicted molar refractivity (Wildman–Crippen MR) is 69.1 cm³/mol. The number of nitrogens with one attached hydrogen (secondary N) is 1. The smallest absolute Gasteiger partial charge is 0.413 e. The maximum absolute atomic E-state index is 11.7. The van der Waals surface area contributed by atoms with Crippen molar-refractivity contribution in [2.24, 2.45) is 7.05 Å². The van der Waals surface area contributed by atoms with E-state index in [1.807, 2.05) is 0 Å². The first-order valence-electron chi connectivity index (χ1n) is 5.77. The lowest BCUT2D eigenvalue weighted by Gasteiger charge is -2.19. The third kappa shape index (κ3) is 3.70. The SMILES string of the molecule is COC(=O)c1nn(C)c(NC(=O)OC(C)(C)C)c1C. The molecule has 0 spiro atoms. The van der Waals surface area contributed by atoms with Gasteiger partial charge >= 0.3 is 12.1 Å². The minimum Gasteiger partial charge on any atom is -0.464 e. The molecule has 0 aliphatic carbocycles. The fourth-order valence-corrected chi connectivity index (χ4v) is 1.50. The minimum atomic E-state index is -0.602. The Morgan fingerprint density at radius 2 is 1.89 bits per heavy atom. The molecule has 7 nitrogen and oxygen atoms in total. The van der Waals surface area contributed by atoms with Gasteiger partial charge in [0.05, 0.1) is 7.11 Å². The molecule has 1 N–H and O–H groups in total. The van der Waals surface area contributed by atoms with Crippen LogP contribution in [0.25, 0.3) is 0 Å². The van der Waals surface area contributed by atoms with Crippen molar-refractivity contribution in [1.29, 1.82) is 0 Å². The van der Waals surface area contributed by atoms with E-state index in [1.54, 1.807) is 34.7 Å². The molecular weight excluding hydrogens is 250 g/mol. The third-order valence-electron chi connectivity index (χ3n) is 2.28. The number of aryl methyl sites for hydroxylation is 1. The van der Waals surface area contributed by atoms with Crippen molar-refractivity contribution in [1.82, 2.24) is 9.78 Å². The van der Waals surface area contributed by atoms with E-state index in [1.165, 1.54) is 11.8 Å². The van der Waals surface area contributed by atoms with Gasteiger partial charge in [0.2, 0.25) is 0 Å². The largest absolute Gasteiger partial charge is 0.464 e. The highest BCUT2D eigenvalue weighted by Crippen LogP contribution is 2.19. The molecule has 0 aliphatic heterocycles. The van der Waals surface area contributed by atoms with Gasteiger partial charge in [-0.2, -0.15) is 5.10 Å². The van der Waals surface area contributed by atoms with E-state index >= 15 is 0 Å². The summed E-state index contributed by atoms with van der Waals surface area (Å²) >= 11 is 0. The Morgan fingerprint density at radius 1 is 1.32 bits per heavy atom. The topological polar surface area (TPSA) is 82.5 Å². The highest BCUT2D eigenvalue weighted by molar-refractivity contribution is 5.92. The van der Waals surface area contributed by atoms with E-state index in [-0.39, 0.29) is 5.69 Å². The van der Waals surface area contributed by atoms with Gasteiger partial charge in [-0.25, -0.2) is 9.59 Å². The number of aromatic nitrogens is 2. The van der Waals surface area contributed by atoms with E-state index in [0.717, 1.165) is 0 Å². The molecule has 0 atom stereocenters. The predicted octanol–water partition coefficient (Wildman–Crippen LogP) is 1.86. The van der Waals surface area contributed by atoms with Crippen LogP contribution in [0.4, 0.5) is 10.6 Å². The second-order valence-corrected chi connectivity index (χ2v) is 5.06. The van der Waals surface area contributed by atoms with Crippen molar-refractivity contribution in [3.8, 4) is 0 Å². The van der Waals surface area contributed by atoms with Crippen LogP contribution in [0.3, 0.4) is 0 Å². The van der Waals surface area contributed by atoms with Gasteiger partial charge in [0.15, 0.2) is 5.69 Å². The van der Waals surface area contributed by atoms with Crippen LogP contribution in [0.15, 0.2) is 0 Å². The number of hydrogen-bond acceptors (Lipinski definition) is 5. The summed E-state index contributed by atoms with van der Waals surface area (Å²) in [5.74, 6) is -0.153. The van der Waals surface area contributed by atoms with Gasteiger partial charge in [0.25, 0.3) is 0 Å². The Labute approximate surface area is 111 Å². The lowest BCUT2D eigenvalue weighted by atomic mass is 10.2. The van der Waals surface area contributed by atoms with Crippen molar-refractivity contribution in [3.63, 3.8) is 0 Å². The Morgan fingerprint density at radius 3 is 2.37 bits per heavy atom. The zero-order valence-corrected chi connectivity index (χ0v) is 12.0. The van der Waals surface area contributed by atoms with E-state index < -0.39 is 17.7 Å². The standard InChI is InChI=1S/C12H19N3O4/c1-7-8(10(16)18-6)14-15(5)9(7)13-11(17)19-12(2,3)4/h1-6H3,(H,13,17). The van der Waals surface area contributed by atoms with Gasteiger partial charge in [-0.1, -0.05) is 0 Å². The Balaban J connectivity index is 2.94. The molecular formula is C12H19N3O4. The summed E-state index contributed by atoms with van der Waals surface area (Å²) in [6.07, 6.45) is -0.602. The summed E-state index contributed by atoms with van der Waals surface area (Å²) in [6, 6.07) is 0. The van der Waals surface area contributed by atoms with Crippen LogP contribution >= 0.6 is 0 Å². The number of amides is 1. The van der Waals surface area contributed by atoms with Crippen LogP contribution in [-0.4, -0.2) is 34.6 Å². The summed E-state index contributed by atoms with van der Waals surface area (Å²) in [4.78, 5) is 23.2. The van der Waals surface area contributed by atoms with Crippen LogP contribution < -0.4 is 5.32 Å². The molecule has 0 saturated heterocycles. The second kappa shape index (κ2) is 5.29. The highest BCUT2D eigenvalue weighted by Gasteiger charge is 2.22. The van der Waals surface area contributed by atoms with Gasteiger partial charge in [-0.3, -0.25) is 10.00 Å². The molecule has 1 amide bonds. The lowest BCUT2D eigenvalue weighted by Crippen LogP contribution is -2.28. The van der Waals surface area contributed by atoms with E-state index in [2.05, 4.69) is 15.2 Å². The summed E-state index contributed by atoms with van der Waals surface area (Å²) in [6.45, 7) is 6.97. The average molecular weight is 269 g/mol. The zero-order valence-electron chi connectivity index (χ0n) is 12.0. The number of carbonyl (C=O) groups excluding carboxylic acids is 2. The normalized spacial score (nSPS) is 11.1. The number of nitrogens with zero attached hydrogens (tertiary/aromatic N) is 2. The molecule has 0 fully saturated rings. The van der Waals surface area contributed by atoms with Crippen molar-refractivity contribution < 1.29 is 19.1 Å². The number of esters is 1. The summed E-state index contributed by atoms with van der Waals surface area (Å²) in [5, 5.41) is 6.57. The molecule has 1 aromatic heterocycles. The van der Waals surface area contributed by atoms with Crippen LogP contribution in [-0.2, 0) is 16.5 Å². The fourth-order valence-electron chi connectivity index (χ4n) is 1.50. The molecule has 106 valence electrons. The van der Waals surface area contributed by atoms with E-state index in [4.69, 9.17) is 4.74 Å². The number of ether oxygens (including phenoxy) is 2. The fraction of sp³-hybridized carbons (Fsp3) is 0.583. The molecule has 1 heterocycles. The molecule has 1 rings (SSSR count). The molecule has 0 saturated carbocycles. The number of methoxy groups -OCH3 is 1. The third-order valence-corrected chi connectivity index (χ3v) is 2.28. The van der Waals surface area contributed by atoms with Gasteiger partial charge in [-0.05, 0) is 27.7 Å². The van der Waals surface area contributed by atoms with Gasteiger partial charge in [0, 0.05) is 12.6 Å². The first-order valence-corrected chi connectivity index (χ1v) is 5.77.